The molecular formula is C21H20N2O6S. The van der Waals surface area contributed by atoms with Crippen molar-refractivity contribution < 1.29 is 28.7 Å². The number of esters is 2. The molecule has 0 bridgehead atoms. The van der Waals surface area contributed by atoms with Gasteiger partial charge in [-0.05, 0) is 48.6 Å². The van der Waals surface area contributed by atoms with Crippen LogP contribution < -0.4 is 11.1 Å². The highest BCUT2D eigenvalue weighted by molar-refractivity contribution is 7.17. The van der Waals surface area contributed by atoms with Crippen LogP contribution in [0.1, 0.15) is 43.1 Å². The third kappa shape index (κ3) is 4.93. The zero-order chi connectivity index (χ0) is 21.7. The maximum absolute atomic E-state index is 12.1. The van der Waals surface area contributed by atoms with Gasteiger partial charge < -0.3 is 20.5 Å². The molecule has 0 spiro atoms. The average molecular weight is 428 g/mol. The first-order chi connectivity index (χ1) is 14.4. The fourth-order valence-corrected chi connectivity index (χ4v) is 4.42. The highest BCUT2D eigenvalue weighted by atomic mass is 32.1. The summed E-state index contributed by atoms with van der Waals surface area (Å²) >= 11 is 1.33. The second kappa shape index (κ2) is 9.36. The summed E-state index contributed by atoms with van der Waals surface area (Å²) in [6, 6.07) is 6.42. The molecular weight excluding hydrogens is 408 g/mol. The molecule has 156 valence electrons. The minimum atomic E-state index is -0.703. The van der Waals surface area contributed by atoms with E-state index in [1.54, 1.807) is 24.3 Å². The number of carbonyl (C=O) groups is 4. The molecule has 1 aromatic heterocycles. The second-order valence-electron chi connectivity index (χ2n) is 6.53. The van der Waals surface area contributed by atoms with Crippen LogP contribution in [0.2, 0.25) is 0 Å². The van der Waals surface area contributed by atoms with Gasteiger partial charge in [0, 0.05) is 11.0 Å². The zero-order valence-electron chi connectivity index (χ0n) is 16.2. The number of hydrogen-bond acceptors (Lipinski definition) is 7. The van der Waals surface area contributed by atoms with Crippen molar-refractivity contribution in [2.75, 3.05) is 19.0 Å². The van der Waals surface area contributed by atoms with Crippen molar-refractivity contribution in [1.82, 2.24) is 0 Å². The maximum Gasteiger partial charge on any atom is 0.337 e. The van der Waals surface area contributed by atoms with Gasteiger partial charge in [0.1, 0.15) is 5.00 Å². The summed E-state index contributed by atoms with van der Waals surface area (Å²) in [6.45, 7) is -0.495. The minimum Gasteiger partial charge on any atom is -0.465 e. The standard InChI is InChI=1S/C21H20N2O6S/c1-28-21(27)13-8-5-12(6-9-13)7-10-17(25)29-11-16(24)23-20-18(19(22)26)14-3-2-4-15(14)30-20/h5-10H,2-4,11H2,1H3,(H2,22,26)(H,23,24)/b10-7+. The van der Waals surface area contributed by atoms with Crippen LogP contribution in [0, 0.1) is 0 Å². The number of hydrogen-bond donors (Lipinski definition) is 2. The van der Waals surface area contributed by atoms with Gasteiger partial charge in [-0.15, -0.1) is 11.3 Å². The van der Waals surface area contributed by atoms with Crippen molar-refractivity contribution in [3.63, 3.8) is 0 Å². The third-order valence-electron chi connectivity index (χ3n) is 4.51. The third-order valence-corrected chi connectivity index (χ3v) is 5.72. The molecule has 0 saturated heterocycles. The quantitative estimate of drug-likeness (QED) is 0.515. The monoisotopic (exact) mass is 428 g/mol. The Hall–Kier alpha value is -3.46. The number of aryl methyl sites for hydroxylation is 1. The van der Waals surface area contributed by atoms with E-state index in [0.717, 1.165) is 29.7 Å². The lowest BCUT2D eigenvalue weighted by atomic mass is 10.1. The number of anilines is 1. The highest BCUT2D eigenvalue weighted by Gasteiger charge is 2.26. The molecule has 2 amide bonds. The summed E-state index contributed by atoms with van der Waals surface area (Å²) < 4.78 is 9.55. The van der Waals surface area contributed by atoms with Crippen LogP contribution in [0.15, 0.2) is 30.3 Å². The summed E-state index contributed by atoms with van der Waals surface area (Å²) in [6.07, 6.45) is 5.26. The second-order valence-corrected chi connectivity index (χ2v) is 7.63. The van der Waals surface area contributed by atoms with E-state index in [1.165, 1.54) is 30.6 Å². The Bertz CT molecular complexity index is 1020. The average Bonchev–Trinajstić information content (AvgIpc) is 3.31. The Morgan fingerprint density at radius 1 is 1.17 bits per heavy atom. The molecule has 1 aliphatic rings. The predicted molar refractivity (Wildman–Crippen MR) is 111 cm³/mol. The largest absolute Gasteiger partial charge is 0.465 e. The van der Waals surface area contributed by atoms with Crippen LogP contribution in [0.5, 0.6) is 0 Å². The number of carbonyl (C=O) groups excluding carboxylic acids is 4. The van der Waals surface area contributed by atoms with Gasteiger partial charge in [0.2, 0.25) is 0 Å². The first kappa shape index (κ1) is 21.3. The van der Waals surface area contributed by atoms with Crippen LogP contribution >= 0.6 is 11.3 Å². The van der Waals surface area contributed by atoms with Gasteiger partial charge in [0.15, 0.2) is 6.61 Å². The lowest BCUT2D eigenvalue weighted by Gasteiger charge is -2.06. The SMILES string of the molecule is COC(=O)c1ccc(/C=C/C(=O)OCC(=O)Nc2sc3c(c2C(N)=O)CCC3)cc1. The number of rotatable bonds is 7. The molecule has 0 atom stereocenters. The minimum absolute atomic E-state index is 0.350. The first-order valence-corrected chi connectivity index (χ1v) is 9.98. The fourth-order valence-electron chi connectivity index (χ4n) is 3.11. The number of nitrogens with two attached hydrogens (primary N) is 1. The Morgan fingerprint density at radius 3 is 2.57 bits per heavy atom. The van der Waals surface area contributed by atoms with E-state index < -0.39 is 30.4 Å². The lowest BCUT2D eigenvalue weighted by molar-refractivity contribution is -0.142. The number of ether oxygens (including phenoxy) is 2. The van der Waals surface area contributed by atoms with Gasteiger partial charge >= 0.3 is 11.9 Å². The van der Waals surface area contributed by atoms with Crippen molar-refractivity contribution in [2.45, 2.75) is 19.3 Å². The van der Waals surface area contributed by atoms with E-state index in [2.05, 4.69) is 10.1 Å². The van der Waals surface area contributed by atoms with Gasteiger partial charge in [-0.25, -0.2) is 9.59 Å². The van der Waals surface area contributed by atoms with E-state index in [1.807, 2.05) is 0 Å². The first-order valence-electron chi connectivity index (χ1n) is 9.16. The van der Waals surface area contributed by atoms with Crippen molar-refractivity contribution in [3.8, 4) is 0 Å². The molecule has 0 fully saturated rings. The summed E-state index contributed by atoms with van der Waals surface area (Å²) in [4.78, 5) is 48.2. The highest BCUT2D eigenvalue weighted by Crippen LogP contribution is 2.38. The summed E-state index contributed by atoms with van der Waals surface area (Å²) in [5.74, 6) is -2.29. The van der Waals surface area contributed by atoms with E-state index in [-0.39, 0.29) is 0 Å². The van der Waals surface area contributed by atoms with Gasteiger partial charge in [-0.2, -0.15) is 0 Å². The fraction of sp³-hybridized carbons (Fsp3) is 0.238. The van der Waals surface area contributed by atoms with E-state index in [4.69, 9.17) is 10.5 Å². The number of thiophene rings is 1. The molecule has 0 radical (unpaired) electrons. The van der Waals surface area contributed by atoms with Gasteiger partial charge in [-0.1, -0.05) is 12.1 Å². The predicted octanol–water partition coefficient (Wildman–Crippen LogP) is 2.32. The van der Waals surface area contributed by atoms with Gasteiger partial charge in [0.25, 0.3) is 11.8 Å². The Balaban J connectivity index is 1.53. The molecule has 30 heavy (non-hydrogen) atoms. The molecule has 1 aromatic carbocycles. The van der Waals surface area contributed by atoms with Crippen molar-refractivity contribution in [1.29, 1.82) is 0 Å². The smallest absolute Gasteiger partial charge is 0.337 e. The molecule has 0 aliphatic heterocycles. The molecule has 9 heteroatoms. The number of benzene rings is 1. The van der Waals surface area contributed by atoms with Crippen molar-refractivity contribution in [2.24, 2.45) is 5.73 Å². The van der Waals surface area contributed by atoms with Crippen LogP contribution in [-0.4, -0.2) is 37.5 Å². The number of nitrogens with one attached hydrogen (secondary N) is 1. The normalized spacial score (nSPS) is 12.4. The van der Waals surface area contributed by atoms with E-state index >= 15 is 0 Å². The summed E-state index contributed by atoms with van der Waals surface area (Å²) in [5, 5.41) is 3.00. The lowest BCUT2D eigenvalue weighted by Crippen LogP contribution is -2.22. The van der Waals surface area contributed by atoms with Gasteiger partial charge in [-0.3, -0.25) is 9.59 Å². The number of primary amides is 1. The van der Waals surface area contributed by atoms with Crippen LogP contribution in [0.3, 0.4) is 0 Å². The molecule has 0 unspecified atom stereocenters. The summed E-state index contributed by atoms with van der Waals surface area (Å²) in [7, 11) is 1.29. The molecule has 3 rings (SSSR count). The Labute approximate surface area is 176 Å². The van der Waals surface area contributed by atoms with E-state index in [9.17, 15) is 19.2 Å². The molecule has 8 nitrogen and oxygen atoms in total. The van der Waals surface area contributed by atoms with Crippen molar-refractivity contribution >= 4 is 46.2 Å². The van der Waals surface area contributed by atoms with Crippen molar-refractivity contribution in [3.05, 3.63) is 57.5 Å². The zero-order valence-corrected chi connectivity index (χ0v) is 17.0. The molecule has 1 heterocycles. The molecule has 3 N–H and O–H groups in total. The van der Waals surface area contributed by atoms with Gasteiger partial charge in [0.05, 0.1) is 18.2 Å². The molecule has 1 aliphatic carbocycles. The Kier molecular flexibility index (Phi) is 6.63. The Morgan fingerprint density at radius 2 is 1.90 bits per heavy atom. The number of fused-ring (bicyclic) bond motifs is 1. The van der Waals surface area contributed by atoms with Crippen LogP contribution in [0.25, 0.3) is 6.08 Å². The molecule has 0 saturated carbocycles. The van der Waals surface area contributed by atoms with Crippen LogP contribution in [-0.2, 0) is 31.9 Å². The topological polar surface area (TPSA) is 125 Å². The number of amides is 2. The van der Waals surface area contributed by atoms with Crippen LogP contribution in [0.4, 0.5) is 5.00 Å². The molecule has 2 aromatic rings. The maximum atomic E-state index is 12.1. The number of methoxy groups -OCH3 is 1. The summed E-state index contributed by atoms with van der Waals surface area (Å²) in [5.41, 5.74) is 7.77. The van der Waals surface area contributed by atoms with E-state index in [0.29, 0.717) is 21.7 Å².